The maximum Gasteiger partial charge on any atom is 0.234 e. The predicted molar refractivity (Wildman–Crippen MR) is 117 cm³/mol. The van der Waals surface area contributed by atoms with Crippen molar-refractivity contribution in [1.82, 2.24) is 14.8 Å². The maximum absolute atomic E-state index is 12.1. The Labute approximate surface area is 183 Å². The smallest absolute Gasteiger partial charge is 0.234 e. The Kier molecular flexibility index (Phi) is 7.05. The zero-order valence-corrected chi connectivity index (χ0v) is 18.5. The number of rotatable bonds is 7. The molecule has 6 nitrogen and oxygen atoms in total. The minimum absolute atomic E-state index is 0.134. The highest BCUT2D eigenvalue weighted by atomic mass is 35.5. The standard InChI is InChI=1S/C20H20Cl2N4O2S/c1-12-8-16(9-13(2)19(12)22)28-10-17-24-25-20(26(17)3)29-11-18(27)23-15-6-4-14(21)5-7-15/h4-9H,10-11H2,1-3H3,(H,23,27). The number of thioether (sulfide) groups is 1. The molecule has 0 saturated carbocycles. The van der Waals surface area contributed by atoms with Gasteiger partial charge in [0.2, 0.25) is 5.91 Å². The SMILES string of the molecule is Cc1cc(OCc2nnc(SCC(=O)Nc3ccc(Cl)cc3)n2C)cc(C)c1Cl. The highest BCUT2D eigenvalue weighted by Gasteiger charge is 2.13. The average Bonchev–Trinajstić information content (AvgIpc) is 3.04. The Morgan fingerprint density at radius 2 is 1.79 bits per heavy atom. The first-order chi connectivity index (χ1) is 13.8. The van der Waals surface area contributed by atoms with Crippen molar-refractivity contribution in [1.29, 1.82) is 0 Å². The van der Waals surface area contributed by atoms with E-state index < -0.39 is 0 Å². The van der Waals surface area contributed by atoms with Gasteiger partial charge in [0.05, 0.1) is 5.75 Å². The van der Waals surface area contributed by atoms with Crippen LogP contribution >= 0.6 is 35.0 Å². The molecule has 0 unspecified atom stereocenters. The minimum atomic E-state index is -0.134. The highest BCUT2D eigenvalue weighted by molar-refractivity contribution is 7.99. The van der Waals surface area contributed by atoms with Crippen molar-refractivity contribution in [3.63, 3.8) is 0 Å². The molecule has 0 saturated heterocycles. The number of hydrogen-bond donors (Lipinski definition) is 1. The van der Waals surface area contributed by atoms with Crippen LogP contribution in [0.15, 0.2) is 41.6 Å². The van der Waals surface area contributed by atoms with Gasteiger partial charge in [-0.25, -0.2) is 0 Å². The monoisotopic (exact) mass is 450 g/mol. The maximum atomic E-state index is 12.1. The molecule has 1 aromatic heterocycles. The Hall–Kier alpha value is -2.22. The lowest BCUT2D eigenvalue weighted by molar-refractivity contribution is -0.113. The van der Waals surface area contributed by atoms with Gasteiger partial charge >= 0.3 is 0 Å². The summed E-state index contributed by atoms with van der Waals surface area (Å²) in [5, 5.41) is 13.1. The third kappa shape index (κ3) is 5.65. The number of nitrogens with one attached hydrogen (secondary N) is 1. The van der Waals surface area contributed by atoms with Crippen molar-refractivity contribution in [2.75, 3.05) is 11.1 Å². The van der Waals surface area contributed by atoms with Crippen LogP contribution in [0, 0.1) is 13.8 Å². The molecule has 29 heavy (non-hydrogen) atoms. The molecular formula is C20H20Cl2N4O2S. The van der Waals surface area contributed by atoms with E-state index in [4.69, 9.17) is 27.9 Å². The fourth-order valence-electron chi connectivity index (χ4n) is 2.59. The lowest BCUT2D eigenvalue weighted by Gasteiger charge is -2.10. The van der Waals surface area contributed by atoms with Gasteiger partial charge in [-0.05, 0) is 61.4 Å². The largest absolute Gasteiger partial charge is 0.486 e. The van der Waals surface area contributed by atoms with E-state index in [0.717, 1.165) is 21.9 Å². The van der Waals surface area contributed by atoms with E-state index in [9.17, 15) is 4.79 Å². The van der Waals surface area contributed by atoms with Crippen molar-refractivity contribution < 1.29 is 9.53 Å². The third-order valence-corrected chi connectivity index (χ3v) is 6.03. The molecule has 0 aliphatic rings. The number of amides is 1. The van der Waals surface area contributed by atoms with Gasteiger partial charge in [-0.1, -0.05) is 35.0 Å². The van der Waals surface area contributed by atoms with Gasteiger partial charge in [-0.15, -0.1) is 10.2 Å². The lowest BCUT2D eigenvalue weighted by Crippen LogP contribution is -2.14. The van der Waals surface area contributed by atoms with Gasteiger partial charge in [-0.3, -0.25) is 4.79 Å². The Bertz CT molecular complexity index is 999. The van der Waals surface area contributed by atoms with Gasteiger partial charge < -0.3 is 14.6 Å². The first kappa shape index (κ1) is 21.5. The summed E-state index contributed by atoms with van der Waals surface area (Å²) in [6, 6.07) is 10.7. The predicted octanol–water partition coefficient (Wildman–Crippen LogP) is 5.05. The molecule has 2 aromatic carbocycles. The summed E-state index contributed by atoms with van der Waals surface area (Å²) in [6.07, 6.45) is 0. The number of ether oxygens (including phenoxy) is 1. The number of nitrogens with zero attached hydrogens (tertiary/aromatic N) is 3. The molecule has 0 fully saturated rings. The lowest BCUT2D eigenvalue weighted by atomic mass is 10.1. The fraction of sp³-hybridized carbons (Fsp3) is 0.250. The van der Waals surface area contributed by atoms with E-state index in [1.807, 2.05) is 37.6 Å². The zero-order chi connectivity index (χ0) is 21.0. The van der Waals surface area contributed by atoms with Crippen molar-refractivity contribution >= 4 is 46.6 Å². The van der Waals surface area contributed by atoms with Crippen LogP contribution in [0.4, 0.5) is 5.69 Å². The summed E-state index contributed by atoms with van der Waals surface area (Å²) < 4.78 is 7.65. The molecule has 1 amide bonds. The van der Waals surface area contributed by atoms with Crippen molar-refractivity contribution in [3.8, 4) is 5.75 Å². The molecule has 0 spiro atoms. The number of carbonyl (C=O) groups is 1. The van der Waals surface area contributed by atoms with Crippen LogP contribution in [0.25, 0.3) is 0 Å². The van der Waals surface area contributed by atoms with Crippen LogP contribution < -0.4 is 10.1 Å². The van der Waals surface area contributed by atoms with E-state index >= 15 is 0 Å². The van der Waals surface area contributed by atoms with E-state index in [1.54, 1.807) is 24.3 Å². The molecule has 1 N–H and O–H groups in total. The number of halogens is 2. The van der Waals surface area contributed by atoms with E-state index in [1.165, 1.54) is 11.8 Å². The van der Waals surface area contributed by atoms with Gasteiger partial charge in [0.1, 0.15) is 12.4 Å². The molecular weight excluding hydrogens is 431 g/mol. The first-order valence-corrected chi connectivity index (χ1v) is 10.5. The number of hydrogen-bond acceptors (Lipinski definition) is 5. The molecule has 0 radical (unpaired) electrons. The van der Waals surface area contributed by atoms with Crippen molar-refractivity contribution in [3.05, 3.63) is 63.4 Å². The molecule has 1 heterocycles. The Morgan fingerprint density at radius 1 is 1.14 bits per heavy atom. The molecule has 0 aliphatic heterocycles. The molecule has 0 bridgehead atoms. The fourth-order valence-corrected chi connectivity index (χ4v) is 3.56. The third-order valence-electron chi connectivity index (χ3n) is 4.16. The number of aromatic nitrogens is 3. The Morgan fingerprint density at radius 3 is 2.45 bits per heavy atom. The van der Waals surface area contributed by atoms with Crippen molar-refractivity contribution in [2.24, 2.45) is 7.05 Å². The first-order valence-electron chi connectivity index (χ1n) is 8.79. The number of aryl methyl sites for hydroxylation is 2. The van der Waals surface area contributed by atoms with Crippen LogP contribution in [0.2, 0.25) is 10.0 Å². The summed E-state index contributed by atoms with van der Waals surface area (Å²) in [5.74, 6) is 1.47. The molecule has 3 rings (SSSR count). The number of carbonyl (C=O) groups excluding carboxylic acids is 1. The molecule has 152 valence electrons. The molecule has 0 aliphatic carbocycles. The molecule has 3 aromatic rings. The van der Waals surface area contributed by atoms with Crippen LogP contribution in [-0.2, 0) is 18.4 Å². The van der Waals surface area contributed by atoms with Crippen LogP contribution in [0.5, 0.6) is 5.75 Å². The van der Waals surface area contributed by atoms with Crippen LogP contribution in [0.1, 0.15) is 17.0 Å². The van der Waals surface area contributed by atoms with Gasteiger partial charge in [-0.2, -0.15) is 0 Å². The minimum Gasteiger partial charge on any atom is -0.486 e. The second-order valence-electron chi connectivity index (χ2n) is 6.46. The van der Waals surface area contributed by atoms with E-state index in [-0.39, 0.29) is 18.3 Å². The number of benzene rings is 2. The summed E-state index contributed by atoms with van der Waals surface area (Å²) in [6.45, 7) is 4.14. The van der Waals surface area contributed by atoms with Gasteiger partial charge in [0.25, 0.3) is 0 Å². The van der Waals surface area contributed by atoms with Gasteiger partial charge in [0, 0.05) is 22.8 Å². The normalized spacial score (nSPS) is 10.8. The van der Waals surface area contributed by atoms with E-state index in [2.05, 4.69) is 15.5 Å². The second-order valence-corrected chi connectivity index (χ2v) is 8.22. The quantitative estimate of drug-likeness (QED) is 0.510. The number of anilines is 1. The summed E-state index contributed by atoms with van der Waals surface area (Å²) >= 11 is 13.3. The van der Waals surface area contributed by atoms with Crippen molar-refractivity contribution in [2.45, 2.75) is 25.6 Å². The average molecular weight is 451 g/mol. The summed E-state index contributed by atoms with van der Waals surface area (Å²) in [5.41, 5.74) is 2.62. The zero-order valence-electron chi connectivity index (χ0n) is 16.2. The van der Waals surface area contributed by atoms with Gasteiger partial charge in [0.15, 0.2) is 11.0 Å². The summed E-state index contributed by atoms with van der Waals surface area (Å²) in [4.78, 5) is 12.1. The topological polar surface area (TPSA) is 69.0 Å². The highest BCUT2D eigenvalue weighted by Crippen LogP contribution is 2.26. The molecule has 0 atom stereocenters. The Balaban J connectivity index is 1.55. The van der Waals surface area contributed by atoms with Crippen LogP contribution in [-0.4, -0.2) is 26.4 Å². The van der Waals surface area contributed by atoms with E-state index in [0.29, 0.717) is 21.7 Å². The molecule has 9 heteroatoms. The van der Waals surface area contributed by atoms with Crippen LogP contribution in [0.3, 0.4) is 0 Å². The second kappa shape index (κ2) is 9.52. The summed E-state index contributed by atoms with van der Waals surface area (Å²) in [7, 11) is 1.84.